The number of benzene rings is 3. The van der Waals surface area contributed by atoms with Crippen LogP contribution in [0.25, 0.3) is 22.3 Å². The molecule has 0 unspecified atom stereocenters. The van der Waals surface area contributed by atoms with Crippen LogP contribution in [0.15, 0.2) is 82.0 Å². The second-order valence-corrected chi connectivity index (χ2v) is 6.86. The van der Waals surface area contributed by atoms with Crippen LogP contribution in [0, 0.1) is 0 Å². The molecule has 4 rings (SSSR count). The molecule has 0 bridgehead atoms. The first-order valence-corrected chi connectivity index (χ1v) is 9.08. The lowest BCUT2D eigenvalue weighted by molar-refractivity contribution is 0.0731. The van der Waals surface area contributed by atoms with E-state index >= 15 is 0 Å². The molecule has 0 N–H and O–H groups in total. The van der Waals surface area contributed by atoms with E-state index in [1.807, 2.05) is 0 Å². The van der Waals surface area contributed by atoms with Gasteiger partial charge in [-0.25, -0.2) is 4.79 Å². The second kappa shape index (κ2) is 7.50. The molecule has 0 atom stereocenters. The average Bonchev–Trinajstić information content (AvgIpc) is 2.71. The van der Waals surface area contributed by atoms with Crippen molar-refractivity contribution >= 4 is 40.1 Å². The molecule has 0 aliphatic rings. The van der Waals surface area contributed by atoms with Crippen molar-refractivity contribution < 1.29 is 13.9 Å². The molecule has 0 fully saturated rings. The van der Waals surface area contributed by atoms with Crippen molar-refractivity contribution in [2.24, 2.45) is 0 Å². The van der Waals surface area contributed by atoms with E-state index in [1.54, 1.807) is 60.7 Å². The van der Waals surface area contributed by atoms with Crippen LogP contribution in [-0.2, 0) is 0 Å². The Morgan fingerprint density at radius 3 is 2.11 bits per heavy atom. The van der Waals surface area contributed by atoms with Gasteiger partial charge in [0.15, 0.2) is 5.76 Å². The van der Waals surface area contributed by atoms with Crippen molar-refractivity contribution in [2.45, 2.75) is 0 Å². The normalized spacial score (nSPS) is 10.8. The molecule has 0 radical (unpaired) electrons. The summed E-state index contributed by atoms with van der Waals surface area (Å²) in [7, 11) is 0. The van der Waals surface area contributed by atoms with E-state index in [0.717, 1.165) is 0 Å². The Morgan fingerprint density at radius 1 is 0.821 bits per heavy atom. The summed E-state index contributed by atoms with van der Waals surface area (Å²) in [6.07, 6.45) is 0. The molecule has 0 aliphatic carbocycles. The van der Waals surface area contributed by atoms with Crippen molar-refractivity contribution in [3.05, 3.63) is 98.6 Å². The number of fused-ring (bicyclic) bond motifs is 1. The van der Waals surface area contributed by atoms with Gasteiger partial charge >= 0.3 is 5.97 Å². The maximum absolute atomic E-state index is 13.0. The molecule has 0 aliphatic heterocycles. The predicted octanol–water partition coefficient (Wildman–Crippen LogP) is 5.99. The molecule has 4 nitrogen and oxygen atoms in total. The Kier molecular flexibility index (Phi) is 4.90. The van der Waals surface area contributed by atoms with Crippen molar-refractivity contribution in [3.8, 4) is 17.1 Å². The minimum absolute atomic E-state index is 0.155. The van der Waals surface area contributed by atoms with Crippen LogP contribution in [0.2, 0.25) is 10.0 Å². The van der Waals surface area contributed by atoms with E-state index in [0.29, 0.717) is 26.6 Å². The molecule has 1 aromatic heterocycles. The first-order valence-electron chi connectivity index (χ1n) is 8.32. The summed E-state index contributed by atoms with van der Waals surface area (Å²) in [5.41, 5.74) is 0.781. The summed E-state index contributed by atoms with van der Waals surface area (Å²) in [6, 6.07) is 19.7. The SMILES string of the molecule is O=C(Oc1c(-c2ccc(Cl)cc2)oc2ccccc2c1=O)c1ccc(Cl)cc1. The molecule has 1 heterocycles. The summed E-state index contributed by atoms with van der Waals surface area (Å²) in [6.45, 7) is 0. The van der Waals surface area contributed by atoms with Crippen molar-refractivity contribution in [2.75, 3.05) is 0 Å². The lowest BCUT2D eigenvalue weighted by Gasteiger charge is -2.11. The van der Waals surface area contributed by atoms with Gasteiger partial charge in [-0.1, -0.05) is 35.3 Å². The zero-order valence-electron chi connectivity index (χ0n) is 14.3. The number of halogens is 2. The van der Waals surface area contributed by atoms with Crippen LogP contribution < -0.4 is 10.2 Å². The van der Waals surface area contributed by atoms with Crippen molar-refractivity contribution in [3.63, 3.8) is 0 Å². The molecule has 138 valence electrons. The monoisotopic (exact) mass is 410 g/mol. The maximum atomic E-state index is 13.0. The van der Waals surface area contributed by atoms with Crippen LogP contribution in [-0.4, -0.2) is 5.97 Å². The molecule has 6 heteroatoms. The standard InChI is InChI=1S/C22H12Cl2O4/c23-15-9-5-13(6-10-15)20-21(19(25)17-3-1-2-4-18(17)27-20)28-22(26)14-7-11-16(24)12-8-14/h1-12H. The Labute approximate surface area is 169 Å². The van der Waals surface area contributed by atoms with Gasteiger partial charge in [0.25, 0.3) is 0 Å². The third-order valence-corrected chi connectivity index (χ3v) is 4.64. The van der Waals surface area contributed by atoms with Gasteiger partial charge in [0, 0.05) is 15.6 Å². The van der Waals surface area contributed by atoms with E-state index in [4.69, 9.17) is 32.4 Å². The fourth-order valence-electron chi connectivity index (χ4n) is 2.75. The van der Waals surface area contributed by atoms with Gasteiger partial charge < -0.3 is 9.15 Å². The third kappa shape index (κ3) is 3.52. The Hall–Kier alpha value is -3.08. The molecule has 0 saturated heterocycles. The van der Waals surface area contributed by atoms with Crippen LogP contribution in [0.3, 0.4) is 0 Å². The number of carbonyl (C=O) groups excluding carboxylic acids is 1. The molecular formula is C22H12Cl2O4. The van der Waals surface area contributed by atoms with Gasteiger partial charge in [-0.05, 0) is 60.7 Å². The maximum Gasteiger partial charge on any atom is 0.343 e. The summed E-state index contributed by atoms with van der Waals surface area (Å²) in [5, 5.41) is 1.34. The highest BCUT2D eigenvalue weighted by Gasteiger charge is 2.21. The lowest BCUT2D eigenvalue weighted by Crippen LogP contribution is -2.16. The van der Waals surface area contributed by atoms with Crippen LogP contribution in [0.4, 0.5) is 0 Å². The number of carbonyl (C=O) groups is 1. The Morgan fingerprint density at radius 2 is 1.43 bits per heavy atom. The van der Waals surface area contributed by atoms with E-state index in [2.05, 4.69) is 0 Å². The highest BCUT2D eigenvalue weighted by atomic mass is 35.5. The van der Waals surface area contributed by atoms with Gasteiger partial charge in [-0.15, -0.1) is 0 Å². The predicted molar refractivity (Wildman–Crippen MR) is 109 cm³/mol. The molecule has 28 heavy (non-hydrogen) atoms. The highest BCUT2D eigenvalue weighted by molar-refractivity contribution is 6.31. The number of hydrogen-bond acceptors (Lipinski definition) is 4. The topological polar surface area (TPSA) is 56.5 Å². The van der Waals surface area contributed by atoms with Gasteiger partial charge in [0.2, 0.25) is 11.2 Å². The molecule has 0 amide bonds. The van der Waals surface area contributed by atoms with Gasteiger partial charge in [-0.2, -0.15) is 0 Å². The van der Waals surface area contributed by atoms with E-state index in [1.165, 1.54) is 12.1 Å². The van der Waals surface area contributed by atoms with E-state index in [-0.39, 0.29) is 17.1 Å². The first-order chi connectivity index (χ1) is 13.5. The lowest BCUT2D eigenvalue weighted by atomic mass is 10.1. The van der Waals surface area contributed by atoms with Crippen molar-refractivity contribution in [1.29, 1.82) is 0 Å². The molecule has 3 aromatic carbocycles. The van der Waals surface area contributed by atoms with Gasteiger partial charge in [0.1, 0.15) is 5.58 Å². The van der Waals surface area contributed by atoms with Crippen molar-refractivity contribution in [1.82, 2.24) is 0 Å². The highest BCUT2D eigenvalue weighted by Crippen LogP contribution is 2.32. The van der Waals surface area contributed by atoms with E-state index in [9.17, 15) is 9.59 Å². The fraction of sp³-hybridized carbons (Fsp3) is 0. The average molecular weight is 411 g/mol. The molecular weight excluding hydrogens is 399 g/mol. The van der Waals surface area contributed by atoms with Gasteiger partial charge in [0.05, 0.1) is 10.9 Å². The minimum atomic E-state index is -0.686. The summed E-state index contributed by atoms with van der Waals surface area (Å²) in [4.78, 5) is 25.6. The van der Waals surface area contributed by atoms with Crippen LogP contribution >= 0.6 is 23.2 Å². The smallest absolute Gasteiger partial charge is 0.343 e. The number of rotatable bonds is 3. The number of hydrogen-bond donors (Lipinski definition) is 0. The summed E-state index contributed by atoms with van der Waals surface area (Å²) < 4.78 is 11.4. The van der Waals surface area contributed by atoms with Crippen LogP contribution in [0.1, 0.15) is 10.4 Å². The third-order valence-electron chi connectivity index (χ3n) is 4.14. The Bertz CT molecular complexity index is 1230. The number of esters is 1. The number of para-hydroxylation sites is 1. The minimum Gasteiger partial charge on any atom is -0.452 e. The number of ether oxygens (including phenoxy) is 1. The molecule has 0 spiro atoms. The molecule has 4 aromatic rings. The van der Waals surface area contributed by atoms with E-state index < -0.39 is 11.4 Å². The second-order valence-electron chi connectivity index (χ2n) is 5.99. The summed E-state index contributed by atoms with van der Waals surface area (Å²) in [5.74, 6) is -0.710. The van der Waals surface area contributed by atoms with Crippen LogP contribution in [0.5, 0.6) is 5.75 Å². The zero-order chi connectivity index (χ0) is 19.7. The van der Waals surface area contributed by atoms with Gasteiger partial charge in [-0.3, -0.25) is 4.79 Å². The largest absolute Gasteiger partial charge is 0.452 e. The first kappa shape index (κ1) is 18.3. The zero-order valence-corrected chi connectivity index (χ0v) is 15.8. The Balaban J connectivity index is 1.87. The quantitative estimate of drug-likeness (QED) is 0.389. The molecule has 0 saturated carbocycles. The fourth-order valence-corrected chi connectivity index (χ4v) is 3.00. The summed E-state index contributed by atoms with van der Waals surface area (Å²) >= 11 is 11.8.